The van der Waals surface area contributed by atoms with E-state index in [2.05, 4.69) is 11.9 Å². The molecule has 3 heteroatoms. The molecular formula is C17H29NOS. The number of aromatic nitrogens is 1. The number of thiazole rings is 1. The van der Waals surface area contributed by atoms with Gasteiger partial charge in [-0.05, 0) is 24.7 Å². The molecule has 0 unspecified atom stereocenters. The van der Waals surface area contributed by atoms with Gasteiger partial charge in [0.25, 0.3) is 0 Å². The summed E-state index contributed by atoms with van der Waals surface area (Å²) < 4.78 is 0. The van der Waals surface area contributed by atoms with Gasteiger partial charge < -0.3 is 5.11 Å². The number of aliphatic hydroxyl groups excluding tert-OH is 1. The Labute approximate surface area is 127 Å². The van der Waals surface area contributed by atoms with E-state index in [0.29, 0.717) is 0 Å². The lowest BCUT2D eigenvalue weighted by molar-refractivity contribution is 0.271. The van der Waals surface area contributed by atoms with E-state index < -0.39 is 0 Å². The summed E-state index contributed by atoms with van der Waals surface area (Å²) in [5, 5.41) is 12.1. The van der Waals surface area contributed by atoms with Crippen molar-refractivity contribution in [3.8, 4) is 0 Å². The fourth-order valence-electron chi connectivity index (χ4n) is 3.22. The van der Waals surface area contributed by atoms with Crippen LogP contribution in [0.15, 0.2) is 5.38 Å². The number of aliphatic hydroxyl groups is 1. The molecule has 0 saturated heterocycles. The molecule has 1 aliphatic rings. The second-order valence-electron chi connectivity index (χ2n) is 6.47. The van der Waals surface area contributed by atoms with Crippen molar-refractivity contribution in [1.82, 2.24) is 4.98 Å². The van der Waals surface area contributed by atoms with Crippen LogP contribution < -0.4 is 0 Å². The second-order valence-corrected chi connectivity index (χ2v) is 7.41. The van der Waals surface area contributed by atoms with Crippen molar-refractivity contribution in [3.05, 3.63) is 16.1 Å². The van der Waals surface area contributed by atoms with Gasteiger partial charge in [-0.1, -0.05) is 58.3 Å². The summed E-state index contributed by atoms with van der Waals surface area (Å²) in [5.74, 6) is 2.01. The summed E-state index contributed by atoms with van der Waals surface area (Å²) >= 11 is 1.69. The lowest BCUT2D eigenvalue weighted by atomic mass is 9.80. The van der Waals surface area contributed by atoms with E-state index in [1.165, 1.54) is 62.8 Å². The number of unbranched alkanes of at least 4 members (excludes halogenated alkanes) is 3. The zero-order valence-electron chi connectivity index (χ0n) is 12.8. The van der Waals surface area contributed by atoms with Crippen LogP contribution in [0.3, 0.4) is 0 Å². The third-order valence-corrected chi connectivity index (χ3v) is 5.61. The summed E-state index contributed by atoms with van der Waals surface area (Å²) in [4.78, 5) is 4.40. The van der Waals surface area contributed by atoms with Crippen LogP contribution in [0.4, 0.5) is 0 Å². The predicted octanol–water partition coefficient (Wildman–Crippen LogP) is 4.95. The average Bonchev–Trinajstić information content (AvgIpc) is 2.92. The minimum atomic E-state index is 0.0799. The standard InChI is InChI=1S/C17H29NOS/c1-14-8-10-15(11-9-14)6-4-2-3-5-7-17-18-16(12-19)13-20-17/h13-15,19H,2-12H2,1H3. The van der Waals surface area contributed by atoms with Crippen LogP contribution in [0.1, 0.15) is 75.4 Å². The Bertz CT molecular complexity index is 369. The maximum atomic E-state index is 8.98. The van der Waals surface area contributed by atoms with Crippen LogP contribution in [0.25, 0.3) is 0 Å². The van der Waals surface area contributed by atoms with Crippen molar-refractivity contribution in [2.75, 3.05) is 0 Å². The Morgan fingerprint density at radius 3 is 2.60 bits per heavy atom. The number of rotatable bonds is 8. The van der Waals surface area contributed by atoms with Gasteiger partial charge in [0.05, 0.1) is 17.3 Å². The van der Waals surface area contributed by atoms with Gasteiger partial charge in [0.15, 0.2) is 0 Å². The molecule has 1 aromatic rings. The Kier molecular flexibility index (Phi) is 7.01. The predicted molar refractivity (Wildman–Crippen MR) is 85.9 cm³/mol. The third kappa shape index (κ3) is 5.53. The zero-order valence-corrected chi connectivity index (χ0v) is 13.6. The molecule has 2 nitrogen and oxygen atoms in total. The fraction of sp³-hybridized carbons (Fsp3) is 0.824. The first kappa shape index (κ1) is 16.0. The molecule has 0 aliphatic heterocycles. The quantitative estimate of drug-likeness (QED) is 0.688. The average molecular weight is 295 g/mol. The lowest BCUT2D eigenvalue weighted by Gasteiger charge is -2.25. The summed E-state index contributed by atoms with van der Waals surface area (Å²) in [6, 6.07) is 0. The molecule has 1 fully saturated rings. The van der Waals surface area contributed by atoms with Crippen LogP contribution in [-0.4, -0.2) is 10.1 Å². The molecule has 1 N–H and O–H groups in total. The third-order valence-electron chi connectivity index (χ3n) is 4.65. The molecule has 0 atom stereocenters. The van der Waals surface area contributed by atoms with Gasteiger partial charge >= 0.3 is 0 Å². The minimum absolute atomic E-state index is 0.0799. The van der Waals surface area contributed by atoms with E-state index >= 15 is 0 Å². The first-order valence-electron chi connectivity index (χ1n) is 8.32. The van der Waals surface area contributed by atoms with Gasteiger partial charge in [-0.25, -0.2) is 4.98 Å². The summed E-state index contributed by atoms with van der Waals surface area (Å²) in [7, 11) is 0. The largest absolute Gasteiger partial charge is 0.390 e. The van der Waals surface area contributed by atoms with Gasteiger partial charge in [0, 0.05) is 5.38 Å². The Morgan fingerprint density at radius 2 is 1.90 bits per heavy atom. The molecule has 1 heterocycles. The summed E-state index contributed by atoms with van der Waals surface area (Å²) in [6.45, 7) is 2.48. The van der Waals surface area contributed by atoms with Gasteiger partial charge in [-0.15, -0.1) is 11.3 Å². The maximum absolute atomic E-state index is 8.98. The van der Waals surface area contributed by atoms with Crippen molar-refractivity contribution in [1.29, 1.82) is 0 Å². The summed E-state index contributed by atoms with van der Waals surface area (Å²) in [5.41, 5.74) is 0.830. The molecule has 20 heavy (non-hydrogen) atoms. The van der Waals surface area contributed by atoms with Crippen molar-refractivity contribution < 1.29 is 5.11 Å². The van der Waals surface area contributed by atoms with Gasteiger partial charge in [-0.3, -0.25) is 0 Å². The molecule has 114 valence electrons. The first-order valence-corrected chi connectivity index (χ1v) is 9.20. The van der Waals surface area contributed by atoms with Crippen LogP contribution >= 0.6 is 11.3 Å². The number of nitrogens with zero attached hydrogens (tertiary/aromatic N) is 1. The van der Waals surface area contributed by atoms with Crippen LogP contribution in [-0.2, 0) is 13.0 Å². The molecule has 0 spiro atoms. The van der Waals surface area contributed by atoms with E-state index in [0.717, 1.165) is 24.0 Å². The number of aryl methyl sites for hydroxylation is 1. The molecule has 1 saturated carbocycles. The Balaban J connectivity index is 1.47. The monoisotopic (exact) mass is 295 g/mol. The van der Waals surface area contributed by atoms with E-state index in [1.54, 1.807) is 11.3 Å². The van der Waals surface area contributed by atoms with E-state index in [4.69, 9.17) is 5.11 Å². The molecule has 1 aromatic heterocycles. The normalized spacial score (nSPS) is 23.1. The molecule has 0 amide bonds. The van der Waals surface area contributed by atoms with Gasteiger partial charge in [-0.2, -0.15) is 0 Å². The second kappa shape index (κ2) is 8.78. The van der Waals surface area contributed by atoms with Crippen LogP contribution in [0.2, 0.25) is 0 Å². The van der Waals surface area contributed by atoms with Crippen molar-refractivity contribution in [2.24, 2.45) is 11.8 Å². The SMILES string of the molecule is CC1CCC(CCCCCCc2nc(CO)cs2)CC1. The van der Waals surface area contributed by atoms with Crippen molar-refractivity contribution in [3.63, 3.8) is 0 Å². The lowest BCUT2D eigenvalue weighted by Crippen LogP contribution is -2.12. The van der Waals surface area contributed by atoms with E-state index in [-0.39, 0.29) is 6.61 Å². The number of hydrogen-bond donors (Lipinski definition) is 1. The molecule has 0 bridgehead atoms. The van der Waals surface area contributed by atoms with E-state index in [9.17, 15) is 0 Å². The molecule has 2 rings (SSSR count). The highest BCUT2D eigenvalue weighted by Crippen LogP contribution is 2.31. The highest BCUT2D eigenvalue weighted by Gasteiger charge is 2.17. The molecule has 1 aliphatic carbocycles. The van der Waals surface area contributed by atoms with E-state index in [1.807, 2.05) is 5.38 Å². The van der Waals surface area contributed by atoms with Crippen LogP contribution in [0.5, 0.6) is 0 Å². The molecular weight excluding hydrogens is 266 g/mol. The molecule has 0 aromatic carbocycles. The molecule has 0 radical (unpaired) electrons. The maximum Gasteiger partial charge on any atom is 0.0929 e. The summed E-state index contributed by atoms with van der Waals surface area (Å²) in [6.07, 6.45) is 13.8. The Hall–Kier alpha value is -0.410. The topological polar surface area (TPSA) is 33.1 Å². The highest BCUT2D eigenvalue weighted by atomic mass is 32.1. The van der Waals surface area contributed by atoms with Gasteiger partial charge in [0.1, 0.15) is 0 Å². The minimum Gasteiger partial charge on any atom is -0.390 e. The van der Waals surface area contributed by atoms with Crippen LogP contribution in [0, 0.1) is 11.8 Å². The zero-order chi connectivity index (χ0) is 14.2. The van der Waals surface area contributed by atoms with Crippen molar-refractivity contribution >= 4 is 11.3 Å². The van der Waals surface area contributed by atoms with Gasteiger partial charge in [0.2, 0.25) is 0 Å². The Morgan fingerprint density at radius 1 is 1.15 bits per heavy atom. The van der Waals surface area contributed by atoms with Crippen molar-refractivity contribution in [2.45, 2.75) is 77.7 Å². The number of hydrogen-bond acceptors (Lipinski definition) is 3. The smallest absolute Gasteiger partial charge is 0.0929 e. The first-order chi connectivity index (χ1) is 9.78. The highest BCUT2D eigenvalue weighted by molar-refractivity contribution is 7.09. The fourth-order valence-corrected chi connectivity index (χ4v) is 4.05.